The normalized spacial score (nSPS) is 10.0. The van der Waals surface area contributed by atoms with E-state index in [1.54, 1.807) is 12.2 Å². The summed E-state index contributed by atoms with van der Waals surface area (Å²) < 4.78 is 0. The van der Waals surface area contributed by atoms with E-state index < -0.39 is 0 Å². The third-order valence-electron chi connectivity index (χ3n) is 2.01. The molecular weight excluding hydrogens is 172 g/mol. The molecule has 2 nitrogen and oxygen atoms in total. The number of hydrogen-bond acceptors (Lipinski definition) is 2. The molecule has 0 bridgehead atoms. The molecule has 68 valence electrons. The molecule has 0 aliphatic rings. The van der Waals surface area contributed by atoms with Gasteiger partial charge in [-0.15, -0.1) is 0 Å². The molecule has 2 aromatic rings. The molecule has 14 heavy (non-hydrogen) atoms. The van der Waals surface area contributed by atoms with Crippen LogP contribution in [-0.2, 0) is 0 Å². The van der Waals surface area contributed by atoms with Crippen molar-refractivity contribution in [3.63, 3.8) is 0 Å². The molecule has 0 saturated carbocycles. The van der Waals surface area contributed by atoms with Crippen LogP contribution in [0.2, 0.25) is 0 Å². The van der Waals surface area contributed by atoms with Crippen LogP contribution in [0.25, 0.3) is 23.2 Å². The van der Waals surface area contributed by atoms with Gasteiger partial charge >= 0.3 is 0 Å². The summed E-state index contributed by atoms with van der Waals surface area (Å²) in [4.78, 5) is 8.83. The largest absolute Gasteiger partial charge is 0.245 e. The second-order valence-electron chi connectivity index (χ2n) is 2.89. The van der Waals surface area contributed by atoms with Crippen molar-refractivity contribution >= 4 is 23.2 Å². The first-order valence-electron chi connectivity index (χ1n) is 4.37. The zero-order chi connectivity index (χ0) is 9.97. The smallest absolute Gasteiger partial charge is 0.0894 e. The summed E-state index contributed by atoms with van der Waals surface area (Å²) in [7, 11) is 0. The molecule has 0 amide bonds. The van der Waals surface area contributed by atoms with Gasteiger partial charge in [-0.2, -0.15) is 0 Å². The zero-order valence-corrected chi connectivity index (χ0v) is 7.77. The van der Waals surface area contributed by atoms with Gasteiger partial charge in [0, 0.05) is 0 Å². The fraction of sp³-hybridized carbons (Fsp3) is 0. The van der Waals surface area contributed by atoms with Crippen LogP contribution in [0.3, 0.4) is 0 Å². The van der Waals surface area contributed by atoms with Crippen molar-refractivity contribution in [2.75, 3.05) is 0 Å². The van der Waals surface area contributed by atoms with E-state index in [-0.39, 0.29) is 0 Å². The molecule has 1 aromatic heterocycles. The molecule has 0 radical (unpaired) electrons. The van der Waals surface area contributed by atoms with E-state index >= 15 is 0 Å². The highest BCUT2D eigenvalue weighted by atomic mass is 14.8. The van der Waals surface area contributed by atoms with Crippen LogP contribution in [-0.4, -0.2) is 9.97 Å². The summed E-state index contributed by atoms with van der Waals surface area (Å²) in [5.74, 6) is 0. The standard InChI is InChI=1S/C12H10N2/c1-3-9-10(4-2)14-12-8-6-5-7-11(12)13-9/h3-8H,1-2H2. The lowest BCUT2D eigenvalue weighted by Gasteiger charge is -2.01. The Morgan fingerprint density at radius 2 is 1.29 bits per heavy atom. The zero-order valence-electron chi connectivity index (χ0n) is 7.77. The Hall–Kier alpha value is -1.96. The van der Waals surface area contributed by atoms with Crippen LogP contribution in [0.1, 0.15) is 11.4 Å². The fourth-order valence-corrected chi connectivity index (χ4v) is 1.33. The second-order valence-corrected chi connectivity index (χ2v) is 2.89. The third-order valence-corrected chi connectivity index (χ3v) is 2.01. The summed E-state index contributed by atoms with van der Waals surface area (Å²) >= 11 is 0. The first-order valence-corrected chi connectivity index (χ1v) is 4.37. The van der Waals surface area contributed by atoms with Crippen LogP contribution < -0.4 is 0 Å². The molecule has 0 unspecified atom stereocenters. The Morgan fingerprint density at radius 1 is 0.857 bits per heavy atom. The van der Waals surface area contributed by atoms with Gasteiger partial charge in [0.15, 0.2) is 0 Å². The number of nitrogens with zero attached hydrogens (tertiary/aromatic N) is 2. The number of para-hydroxylation sites is 2. The van der Waals surface area contributed by atoms with Crippen LogP contribution in [0.5, 0.6) is 0 Å². The number of aromatic nitrogens is 2. The van der Waals surface area contributed by atoms with E-state index in [1.165, 1.54) is 0 Å². The van der Waals surface area contributed by atoms with Gasteiger partial charge in [-0.25, -0.2) is 9.97 Å². The van der Waals surface area contributed by atoms with E-state index in [0.29, 0.717) is 0 Å². The molecule has 1 aromatic carbocycles. The third kappa shape index (κ3) is 1.31. The molecule has 2 rings (SSSR count). The minimum atomic E-state index is 0.777. The SMILES string of the molecule is C=Cc1nc2ccccc2nc1C=C. The summed E-state index contributed by atoms with van der Waals surface area (Å²) in [6.45, 7) is 7.39. The van der Waals surface area contributed by atoms with E-state index in [4.69, 9.17) is 0 Å². The Balaban J connectivity index is 2.81. The van der Waals surface area contributed by atoms with E-state index in [0.717, 1.165) is 22.4 Å². The number of benzene rings is 1. The molecular formula is C12H10N2. The van der Waals surface area contributed by atoms with Crippen molar-refractivity contribution in [3.05, 3.63) is 48.8 Å². The summed E-state index contributed by atoms with van der Waals surface area (Å²) in [6, 6.07) is 7.75. The number of fused-ring (bicyclic) bond motifs is 1. The molecule has 0 fully saturated rings. The van der Waals surface area contributed by atoms with Crippen molar-refractivity contribution in [1.29, 1.82) is 0 Å². The van der Waals surface area contributed by atoms with Gasteiger partial charge in [0.2, 0.25) is 0 Å². The second kappa shape index (κ2) is 3.42. The fourth-order valence-electron chi connectivity index (χ4n) is 1.33. The maximum Gasteiger partial charge on any atom is 0.0894 e. The van der Waals surface area contributed by atoms with Crippen molar-refractivity contribution in [3.8, 4) is 0 Å². The van der Waals surface area contributed by atoms with Gasteiger partial charge in [-0.1, -0.05) is 25.3 Å². The highest BCUT2D eigenvalue weighted by Gasteiger charge is 2.01. The van der Waals surface area contributed by atoms with Gasteiger partial charge in [0.25, 0.3) is 0 Å². The van der Waals surface area contributed by atoms with Crippen LogP contribution in [0, 0.1) is 0 Å². The molecule has 2 heteroatoms. The Kier molecular flexibility index (Phi) is 2.11. The van der Waals surface area contributed by atoms with Gasteiger partial charge in [-0.05, 0) is 24.3 Å². The Morgan fingerprint density at radius 3 is 1.64 bits per heavy atom. The number of rotatable bonds is 2. The first-order chi connectivity index (χ1) is 6.85. The van der Waals surface area contributed by atoms with Crippen molar-refractivity contribution in [2.24, 2.45) is 0 Å². The molecule has 0 aliphatic carbocycles. The molecule has 1 heterocycles. The van der Waals surface area contributed by atoms with Crippen molar-refractivity contribution in [1.82, 2.24) is 9.97 Å². The summed E-state index contributed by atoms with van der Waals surface area (Å²) in [5.41, 5.74) is 3.32. The lowest BCUT2D eigenvalue weighted by Crippen LogP contribution is -1.92. The van der Waals surface area contributed by atoms with Gasteiger partial charge in [0.1, 0.15) is 0 Å². The van der Waals surface area contributed by atoms with E-state index in [9.17, 15) is 0 Å². The average Bonchev–Trinajstić information content (AvgIpc) is 2.27. The molecule has 0 atom stereocenters. The van der Waals surface area contributed by atoms with Gasteiger partial charge in [-0.3, -0.25) is 0 Å². The lowest BCUT2D eigenvalue weighted by atomic mass is 10.2. The maximum atomic E-state index is 4.41. The van der Waals surface area contributed by atoms with Crippen LogP contribution in [0.4, 0.5) is 0 Å². The van der Waals surface area contributed by atoms with Gasteiger partial charge in [0.05, 0.1) is 22.4 Å². The van der Waals surface area contributed by atoms with Crippen LogP contribution in [0.15, 0.2) is 37.4 Å². The lowest BCUT2D eigenvalue weighted by molar-refractivity contribution is 1.24. The molecule has 0 saturated heterocycles. The first kappa shape index (κ1) is 8.63. The number of hydrogen-bond donors (Lipinski definition) is 0. The predicted octanol–water partition coefficient (Wildman–Crippen LogP) is 2.92. The van der Waals surface area contributed by atoms with Crippen molar-refractivity contribution < 1.29 is 0 Å². The molecule has 0 spiro atoms. The van der Waals surface area contributed by atoms with Gasteiger partial charge < -0.3 is 0 Å². The Labute approximate surface area is 82.6 Å². The predicted molar refractivity (Wildman–Crippen MR) is 59.7 cm³/mol. The van der Waals surface area contributed by atoms with E-state index in [2.05, 4.69) is 23.1 Å². The maximum absolute atomic E-state index is 4.41. The highest BCUT2D eigenvalue weighted by Crippen LogP contribution is 2.14. The molecule has 0 aliphatic heterocycles. The van der Waals surface area contributed by atoms with Crippen LogP contribution >= 0.6 is 0 Å². The minimum Gasteiger partial charge on any atom is -0.245 e. The highest BCUT2D eigenvalue weighted by molar-refractivity contribution is 5.77. The quantitative estimate of drug-likeness (QED) is 0.713. The summed E-state index contributed by atoms with van der Waals surface area (Å²) in [6.07, 6.45) is 3.38. The topological polar surface area (TPSA) is 25.8 Å². The summed E-state index contributed by atoms with van der Waals surface area (Å²) in [5, 5.41) is 0. The van der Waals surface area contributed by atoms with E-state index in [1.807, 2.05) is 24.3 Å². The monoisotopic (exact) mass is 182 g/mol. The average molecular weight is 182 g/mol. The van der Waals surface area contributed by atoms with Crippen molar-refractivity contribution in [2.45, 2.75) is 0 Å². The minimum absolute atomic E-state index is 0.777. The molecule has 0 N–H and O–H groups in total. The Bertz CT molecular complexity index is 454.